The molecule has 0 atom stereocenters. The fraction of sp³-hybridized carbons (Fsp3) is 0.300. The van der Waals surface area contributed by atoms with Gasteiger partial charge in [-0.15, -0.1) is 21.8 Å². The number of ketones is 1. The molecule has 0 radical (unpaired) electrons. The zero-order valence-electron chi connectivity index (χ0n) is 8.90. The molecule has 2 aromatic heterocycles. The van der Waals surface area contributed by atoms with E-state index in [1.54, 1.807) is 5.51 Å². The summed E-state index contributed by atoms with van der Waals surface area (Å²) in [5.74, 6) is -0.0639. The molecule has 0 unspecified atom stereocenters. The van der Waals surface area contributed by atoms with Crippen molar-refractivity contribution in [2.24, 2.45) is 0 Å². The van der Waals surface area contributed by atoms with Crippen LogP contribution in [0.25, 0.3) is 5.13 Å². The maximum absolute atomic E-state index is 11.6. The topological polar surface area (TPSA) is 47.8 Å². The second kappa shape index (κ2) is 4.35. The number of aryl methyl sites for hydroxylation is 1. The van der Waals surface area contributed by atoms with Crippen molar-refractivity contribution in [1.82, 2.24) is 14.8 Å². The van der Waals surface area contributed by atoms with E-state index in [-0.39, 0.29) is 11.7 Å². The van der Waals surface area contributed by atoms with Gasteiger partial charge in [0.25, 0.3) is 0 Å². The Morgan fingerprint density at radius 2 is 2.31 bits per heavy atom. The van der Waals surface area contributed by atoms with E-state index in [4.69, 9.17) is 11.6 Å². The van der Waals surface area contributed by atoms with Gasteiger partial charge in [0.15, 0.2) is 5.78 Å². The first-order chi connectivity index (χ1) is 7.65. The molecule has 84 valence electrons. The van der Waals surface area contributed by atoms with Crippen molar-refractivity contribution in [3.8, 4) is 5.13 Å². The number of nitrogens with zero attached hydrogens (tertiary/aromatic N) is 3. The van der Waals surface area contributed by atoms with Crippen LogP contribution in [0.1, 0.15) is 21.7 Å². The summed E-state index contributed by atoms with van der Waals surface area (Å²) in [5, 5.41) is 8.55. The second-order valence-electron chi connectivity index (χ2n) is 3.40. The number of Topliss-reactive ketones (excluding diaryl/α,β-unsaturated/α-hetero) is 1. The lowest BCUT2D eigenvalue weighted by molar-refractivity contribution is 0.102. The standard InChI is InChI=1S/C10H10ClN3OS/c1-6-3-8(9(15)4-11)7(2)14(6)10-13-12-5-16-10/h3,5H,4H2,1-2H3. The SMILES string of the molecule is Cc1cc(C(=O)CCl)c(C)n1-c1nncs1. The number of hydrogen-bond acceptors (Lipinski definition) is 4. The molecule has 0 amide bonds. The minimum Gasteiger partial charge on any atom is -0.293 e. The maximum atomic E-state index is 11.6. The minimum atomic E-state index is -0.0643. The molecular formula is C10H10ClN3OS. The summed E-state index contributed by atoms with van der Waals surface area (Å²) < 4.78 is 1.91. The summed E-state index contributed by atoms with van der Waals surface area (Å²) in [6.45, 7) is 3.81. The van der Waals surface area contributed by atoms with Gasteiger partial charge in [0.2, 0.25) is 5.13 Å². The first-order valence-corrected chi connectivity index (χ1v) is 6.11. The van der Waals surface area contributed by atoms with E-state index < -0.39 is 0 Å². The number of carbonyl (C=O) groups excluding carboxylic acids is 1. The van der Waals surface area contributed by atoms with Crippen LogP contribution < -0.4 is 0 Å². The highest BCUT2D eigenvalue weighted by Crippen LogP contribution is 2.22. The summed E-state index contributed by atoms with van der Waals surface area (Å²) in [6, 6.07) is 1.83. The molecule has 2 rings (SSSR count). The summed E-state index contributed by atoms with van der Waals surface area (Å²) in [7, 11) is 0. The zero-order chi connectivity index (χ0) is 11.7. The van der Waals surface area contributed by atoms with E-state index in [0.717, 1.165) is 16.5 Å². The quantitative estimate of drug-likeness (QED) is 0.625. The lowest BCUT2D eigenvalue weighted by Crippen LogP contribution is -2.04. The fourth-order valence-electron chi connectivity index (χ4n) is 1.68. The van der Waals surface area contributed by atoms with Crippen molar-refractivity contribution in [1.29, 1.82) is 0 Å². The molecule has 0 aliphatic heterocycles. The molecule has 0 aromatic carbocycles. The van der Waals surface area contributed by atoms with Crippen molar-refractivity contribution >= 4 is 28.7 Å². The monoisotopic (exact) mass is 255 g/mol. The van der Waals surface area contributed by atoms with Gasteiger partial charge in [-0.1, -0.05) is 11.3 Å². The van der Waals surface area contributed by atoms with Gasteiger partial charge >= 0.3 is 0 Å². The number of carbonyl (C=O) groups is 1. The van der Waals surface area contributed by atoms with Crippen molar-refractivity contribution < 1.29 is 4.79 Å². The molecule has 0 saturated carbocycles. The van der Waals surface area contributed by atoms with Gasteiger partial charge in [-0.3, -0.25) is 9.36 Å². The van der Waals surface area contributed by atoms with E-state index in [9.17, 15) is 4.79 Å². The maximum Gasteiger partial charge on any atom is 0.216 e. The van der Waals surface area contributed by atoms with Crippen LogP contribution in [-0.4, -0.2) is 26.4 Å². The Bertz CT molecular complexity index is 518. The molecule has 6 heteroatoms. The zero-order valence-corrected chi connectivity index (χ0v) is 10.5. The van der Waals surface area contributed by atoms with Gasteiger partial charge in [0.05, 0.1) is 5.88 Å². The Hall–Kier alpha value is -1.20. The molecule has 0 aliphatic rings. The van der Waals surface area contributed by atoms with E-state index in [1.807, 2.05) is 24.5 Å². The minimum absolute atomic E-state index is 0.000409. The average molecular weight is 256 g/mol. The smallest absolute Gasteiger partial charge is 0.216 e. The largest absolute Gasteiger partial charge is 0.293 e. The molecule has 16 heavy (non-hydrogen) atoms. The van der Waals surface area contributed by atoms with Crippen LogP contribution in [0.3, 0.4) is 0 Å². The fourth-order valence-corrected chi connectivity index (χ4v) is 2.49. The van der Waals surface area contributed by atoms with Crippen LogP contribution in [0.15, 0.2) is 11.6 Å². The third kappa shape index (κ3) is 1.76. The Balaban J connectivity index is 2.56. The highest BCUT2D eigenvalue weighted by molar-refractivity contribution is 7.11. The van der Waals surface area contributed by atoms with Gasteiger partial charge in [-0.05, 0) is 19.9 Å². The predicted molar refractivity (Wildman–Crippen MR) is 63.8 cm³/mol. The molecule has 0 spiro atoms. The van der Waals surface area contributed by atoms with Crippen LogP contribution in [0.2, 0.25) is 0 Å². The van der Waals surface area contributed by atoms with Crippen molar-refractivity contribution in [2.45, 2.75) is 13.8 Å². The van der Waals surface area contributed by atoms with Gasteiger partial charge < -0.3 is 0 Å². The van der Waals surface area contributed by atoms with Gasteiger partial charge in [-0.2, -0.15) is 0 Å². The first-order valence-electron chi connectivity index (χ1n) is 4.69. The molecule has 0 fully saturated rings. The third-order valence-electron chi connectivity index (χ3n) is 2.39. The van der Waals surface area contributed by atoms with Crippen molar-refractivity contribution in [2.75, 3.05) is 5.88 Å². The molecule has 0 N–H and O–H groups in total. The summed E-state index contributed by atoms with van der Waals surface area (Å²) in [6.07, 6.45) is 0. The third-order valence-corrected chi connectivity index (χ3v) is 3.31. The Morgan fingerprint density at radius 1 is 1.56 bits per heavy atom. The van der Waals surface area contributed by atoms with Crippen LogP contribution >= 0.6 is 22.9 Å². The second-order valence-corrected chi connectivity index (χ2v) is 4.48. The molecule has 0 aliphatic carbocycles. The normalized spacial score (nSPS) is 10.7. The van der Waals surface area contributed by atoms with Crippen molar-refractivity contribution in [3.63, 3.8) is 0 Å². The molecule has 2 aromatic rings. The molecular weight excluding hydrogens is 246 g/mol. The predicted octanol–water partition coefficient (Wildman–Crippen LogP) is 2.37. The summed E-state index contributed by atoms with van der Waals surface area (Å²) >= 11 is 6.99. The summed E-state index contributed by atoms with van der Waals surface area (Å²) in [4.78, 5) is 11.6. The Kier molecular flexibility index (Phi) is 3.07. The lowest BCUT2D eigenvalue weighted by Gasteiger charge is -2.03. The Morgan fingerprint density at radius 3 is 2.88 bits per heavy atom. The highest BCUT2D eigenvalue weighted by atomic mass is 35.5. The van der Waals surface area contributed by atoms with Crippen LogP contribution in [0.5, 0.6) is 0 Å². The van der Waals surface area contributed by atoms with Crippen molar-refractivity contribution in [3.05, 3.63) is 28.5 Å². The van der Waals surface area contributed by atoms with Crippen LogP contribution in [0.4, 0.5) is 0 Å². The number of aromatic nitrogens is 3. The Labute approximate surface area is 102 Å². The lowest BCUT2D eigenvalue weighted by atomic mass is 10.2. The van der Waals surface area contributed by atoms with Crippen LogP contribution in [-0.2, 0) is 0 Å². The molecule has 0 bridgehead atoms. The van der Waals surface area contributed by atoms with E-state index in [2.05, 4.69) is 10.2 Å². The average Bonchev–Trinajstić information content (AvgIpc) is 2.86. The number of alkyl halides is 1. The molecule has 0 saturated heterocycles. The number of hydrogen-bond donors (Lipinski definition) is 0. The van der Waals surface area contributed by atoms with Gasteiger partial charge in [0.1, 0.15) is 5.51 Å². The van der Waals surface area contributed by atoms with Gasteiger partial charge in [0, 0.05) is 17.0 Å². The number of rotatable bonds is 3. The molecule has 4 nitrogen and oxygen atoms in total. The highest BCUT2D eigenvalue weighted by Gasteiger charge is 2.16. The number of halogens is 1. The van der Waals surface area contributed by atoms with E-state index in [1.165, 1.54) is 11.3 Å². The van der Waals surface area contributed by atoms with E-state index in [0.29, 0.717) is 5.56 Å². The summed E-state index contributed by atoms with van der Waals surface area (Å²) in [5.41, 5.74) is 4.14. The van der Waals surface area contributed by atoms with Gasteiger partial charge in [-0.25, -0.2) is 0 Å². The van der Waals surface area contributed by atoms with E-state index >= 15 is 0 Å². The first kappa shape index (κ1) is 11.3. The molecule has 2 heterocycles. The van der Waals surface area contributed by atoms with Crippen LogP contribution in [0, 0.1) is 13.8 Å².